The number of hydrogen-bond donors (Lipinski definition) is 0. The summed E-state index contributed by atoms with van der Waals surface area (Å²) in [6.45, 7) is 12.4. The molecule has 0 aliphatic carbocycles. The fourth-order valence-electron chi connectivity index (χ4n) is 5.14. The number of aryl methyl sites for hydroxylation is 1. The molecule has 2 amide bonds. The molecule has 3 rings (SSSR count). The first-order valence-corrected chi connectivity index (χ1v) is 13.7. The minimum atomic E-state index is -0.398. The number of anilines is 1. The van der Waals surface area contributed by atoms with Gasteiger partial charge in [0.1, 0.15) is 18.1 Å². The number of fused-ring (bicyclic) bond motifs is 1. The molecule has 0 radical (unpaired) electrons. The third-order valence-corrected chi connectivity index (χ3v) is 6.70. The summed E-state index contributed by atoms with van der Waals surface area (Å²) in [5.74, 6) is 0.199. The molecule has 0 saturated carbocycles. The molecule has 8 nitrogen and oxygen atoms in total. The highest BCUT2D eigenvalue weighted by molar-refractivity contribution is 5.95. The molecule has 1 aliphatic rings. The Morgan fingerprint density at radius 1 is 1.03 bits per heavy atom. The molecule has 0 fully saturated rings. The van der Waals surface area contributed by atoms with Crippen LogP contribution in [0.15, 0.2) is 24.3 Å². The highest BCUT2D eigenvalue weighted by atomic mass is 19.1. The molecule has 1 aromatic heterocycles. The maximum atomic E-state index is 14.5. The molecule has 9 heteroatoms. The van der Waals surface area contributed by atoms with Gasteiger partial charge in [0.15, 0.2) is 0 Å². The zero-order chi connectivity index (χ0) is 27.8. The first-order valence-electron chi connectivity index (χ1n) is 13.7. The standard InChI is InChI=1S/C29H44FN5O3/c1-21(2)15-25-17-27(32(5)31-25)29(37)34-13-7-11-33(18-22(3)4)12-8-14-35(28(36)20-38-6)26-10-9-24(30)16-23(26)19-34/h9-10,16-17,21-22H,7-8,11-15,18-20H2,1-6H3. The van der Waals surface area contributed by atoms with Crippen LogP contribution in [-0.4, -0.2) is 77.8 Å². The van der Waals surface area contributed by atoms with Crippen LogP contribution in [-0.2, 0) is 29.5 Å². The number of nitrogens with zero attached hydrogens (tertiary/aromatic N) is 5. The molecule has 0 N–H and O–H groups in total. The maximum Gasteiger partial charge on any atom is 0.272 e. The van der Waals surface area contributed by atoms with Gasteiger partial charge in [-0.25, -0.2) is 4.39 Å². The summed E-state index contributed by atoms with van der Waals surface area (Å²) < 4.78 is 21.3. The van der Waals surface area contributed by atoms with Crippen molar-refractivity contribution >= 4 is 17.5 Å². The van der Waals surface area contributed by atoms with Crippen LogP contribution in [0.1, 0.15) is 62.3 Å². The Morgan fingerprint density at radius 2 is 1.74 bits per heavy atom. The molecule has 0 saturated heterocycles. The van der Waals surface area contributed by atoms with Gasteiger partial charge in [-0.15, -0.1) is 0 Å². The molecule has 2 aromatic rings. The lowest BCUT2D eigenvalue weighted by Crippen LogP contribution is -2.41. The Balaban J connectivity index is 2.00. The highest BCUT2D eigenvalue weighted by Crippen LogP contribution is 2.26. The van der Waals surface area contributed by atoms with E-state index in [1.54, 1.807) is 27.6 Å². The lowest BCUT2D eigenvalue weighted by Gasteiger charge is -2.32. The lowest BCUT2D eigenvalue weighted by atomic mass is 10.1. The predicted molar refractivity (Wildman–Crippen MR) is 148 cm³/mol. The van der Waals surface area contributed by atoms with E-state index in [2.05, 4.69) is 37.7 Å². The third kappa shape index (κ3) is 8.11. The van der Waals surface area contributed by atoms with Crippen LogP contribution in [0.4, 0.5) is 10.1 Å². The first kappa shape index (κ1) is 29.8. The first-order chi connectivity index (χ1) is 18.1. The van der Waals surface area contributed by atoms with E-state index in [-0.39, 0.29) is 25.0 Å². The zero-order valence-electron chi connectivity index (χ0n) is 23.9. The minimum absolute atomic E-state index is 0.0666. The Hall–Kier alpha value is -2.78. The molecule has 0 spiro atoms. The van der Waals surface area contributed by atoms with Gasteiger partial charge in [0.2, 0.25) is 0 Å². The largest absolute Gasteiger partial charge is 0.375 e. The van der Waals surface area contributed by atoms with Gasteiger partial charge < -0.3 is 19.4 Å². The fraction of sp³-hybridized carbons (Fsp3) is 0.621. The number of methoxy groups -OCH3 is 1. The molecular weight excluding hydrogens is 485 g/mol. The van der Waals surface area contributed by atoms with E-state index in [0.29, 0.717) is 41.9 Å². The van der Waals surface area contributed by atoms with E-state index >= 15 is 0 Å². The van der Waals surface area contributed by atoms with Crippen molar-refractivity contribution in [3.63, 3.8) is 0 Å². The Labute approximate surface area is 226 Å². The lowest BCUT2D eigenvalue weighted by molar-refractivity contribution is -0.122. The summed E-state index contributed by atoms with van der Waals surface area (Å²) in [5.41, 5.74) is 2.61. The van der Waals surface area contributed by atoms with Gasteiger partial charge in [0, 0.05) is 46.0 Å². The van der Waals surface area contributed by atoms with Gasteiger partial charge in [0.05, 0.1) is 5.69 Å². The van der Waals surface area contributed by atoms with Crippen LogP contribution in [0.3, 0.4) is 0 Å². The summed E-state index contributed by atoms with van der Waals surface area (Å²) in [5, 5.41) is 4.56. The van der Waals surface area contributed by atoms with Crippen LogP contribution < -0.4 is 4.90 Å². The number of carbonyl (C=O) groups excluding carboxylic acids is 2. The van der Waals surface area contributed by atoms with Crippen molar-refractivity contribution in [2.24, 2.45) is 18.9 Å². The van der Waals surface area contributed by atoms with E-state index in [9.17, 15) is 14.0 Å². The van der Waals surface area contributed by atoms with Crippen LogP contribution in [0.2, 0.25) is 0 Å². The monoisotopic (exact) mass is 529 g/mol. The second-order valence-corrected chi connectivity index (χ2v) is 11.1. The van der Waals surface area contributed by atoms with Crippen LogP contribution in [0, 0.1) is 17.7 Å². The predicted octanol–water partition coefficient (Wildman–Crippen LogP) is 4.13. The summed E-state index contributed by atoms with van der Waals surface area (Å²) in [6, 6.07) is 6.31. The van der Waals surface area contributed by atoms with Crippen molar-refractivity contribution in [3.8, 4) is 0 Å². The van der Waals surface area contributed by atoms with Crippen molar-refractivity contribution in [1.29, 1.82) is 0 Å². The number of hydrogen-bond acceptors (Lipinski definition) is 5. The highest BCUT2D eigenvalue weighted by Gasteiger charge is 2.26. The number of benzene rings is 1. The van der Waals surface area contributed by atoms with Gasteiger partial charge in [-0.1, -0.05) is 27.7 Å². The number of rotatable bonds is 7. The smallest absolute Gasteiger partial charge is 0.272 e. The molecule has 0 unspecified atom stereocenters. The third-order valence-electron chi connectivity index (χ3n) is 6.70. The summed E-state index contributed by atoms with van der Waals surface area (Å²) >= 11 is 0. The quantitative estimate of drug-likeness (QED) is 0.540. The van der Waals surface area contributed by atoms with Gasteiger partial charge in [-0.05, 0) is 74.0 Å². The average molecular weight is 530 g/mol. The molecule has 1 aromatic carbocycles. The normalized spacial score (nSPS) is 15.9. The topological polar surface area (TPSA) is 70.9 Å². The molecule has 2 heterocycles. The second-order valence-electron chi connectivity index (χ2n) is 11.1. The van der Waals surface area contributed by atoms with Crippen molar-refractivity contribution in [3.05, 3.63) is 47.0 Å². The summed E-state index contributed by atoms with van der Waals surface area (Å²) in [4.78, 5) is 32.8. The fourth-order valence-corrected chi connectivity index (χ4v) is 5.14. The van der Waals surface area contributed by atoms with Gasteiger partial charge >= 0.3 is 0 Å². The molecule has 0 atom stereocenters. The van der Waals surface area contributed by atoms with E-state index in [4.69, 9.17) is 4.74 Å². The van der Waals surface area contributed by atoms with Gasteiger partial charge in [-0.3, -0.25) is 14.3 Å². The number of amides is 2. The van der Waals surface area contributed by atoms with Crippen molar-refractivity contribution < 1.29 is 18.7 Å². The number of carbonyl (C=O) groups is 2. The average Bonchev–Trinajstić information content (AvgIpc) is 3.19. The van der Waals surface area contributed by atoms with Crippen molar-refractivity contribution in [2.75, 3.05) is 51.3 Å². The summed E-state index contributed by atoms with van der Waals surface area (Å²) in [6.07, 6.45) is 2.37. The molecular formula is C29H44FN5O3. The van der Waals surface area contributed by atoms with Crippen LogP contribution in [0.25, 0.3) is 0 Å². The Bertz CT molecular complexity index is 1080. The van der Waals surface area contributed by atoms with E-state index < -0.39 is 5.82 Å². The van der Waals surface area contributed by atoms with Crippen LogP contribution >= 0.6 is 0 Å². The van der Waals surface area contributed by atoms with Crippen molar-refractivity contribution in [2.45, 2.75) is 53.5 Å². The minimum Gasteiger partial charge on any atom is -0.375 e. The molecule has 1 aliphatic heterocycles. The molecule has 38 heavy (non-hydrogen) atoms. The molecule has 0 bridgehead atoms. The Kier molecular flexibility index (Phi) is 10.8. The summed E-state index contributed by atoms with van der Waals surface area (Å²) in [7, 11) is 3.28. The zero-order valence-corrected chi connectivity index (χ0v) is 23.9. The van der Waals surface area contributed by atoms with E-state index in [0.717, 1.165) is 44.6 Å². The molecule has 210 valence electrons. The van der Waals surface area contributed by atoms with E-state index in [1.165, 1.54) is 19.2 Å². The second kappa shape index (κ2) is 13.8. The maximum absolute atomic E-state index is 14.5. The number of aromatic nitrogens is 2. The van der Waals surface area contributed by atoms with Crippen LogP contribution in [0.5, 0.6) is 0 Å². The number of ether oxygens (including phenoxy) is 1. The number of halogens is 1. The van der Waals surface area contributed by atoms with Gasteiger partial charge in [-0.2, -0.15) is 5.10 Å². The SMILES string of the molecule is COCC(=O)N1CCCN(CC(C)C)CCCN(C(=O)c2cc(CC(C)C)nn2C)Cc2cc(F)ccc21. The van der Waals surface area contributed by atoms with Crippen molar-refractivity contribution in [1.82, 2.24) is 19.6 Å². The Morgan fingerprint density at radius 3 is 2.39 bits per heavy atom. The van der Waals surface area contributed by atoms with E-state index in [1.807, 2.05) is 6.07 Å². The van der Waals surface area contributed by atoms with Gasteiger partial charge in [0.25, 0.3) is 11.8 Å².